The molecule has 4 rings (SSSR count). The topological polar surface area (TPSA) is 442 Å². The van der Waals surface area contributed by atoms with Gasteiger partial charge in [0.25, 0.3) is 0 Å². The minimum absolute atomic E-state index is 0. The predicted molar refractivity (Wildman–Crippen MR) is 203 cm³/mol. The van der Waals surface area contributed by atoms with Crippen molar-refractivity contribution in [3.05, 3.63) is 72.7 Å². The van der Waals surface area contributed by atoms with Gasteiger partial charge in [0, 0.05) is 5.41 Å². The molecule has 4 aromatic rings. The van der Waals surface area contributed by atoms with Crippen LogP contribution in [0.4, 0.5) is 45.5 Å². The number of sulfone groups is 2. The van der Waals surface area contributed by atoms with Gasteiger partial charge >= 0.3 is 118 Å². The summed E-state index contributed by atoms with van der Waals surface area (Å²) in [6, 6.07) is 7.70. The van der Waals surface area contributed by atoms with Gasteiger partial charge in [-0.2, -0.15) is 0 Å². The smallest absolute Gasteiger partial charge is 0.744 e. The average Bonchev–Trinajstić information content (AvgIpc) is 3.15. The third kappa shape index (κ3) is 17.1. The van der Waals surface area contributed by atoms with Crippen molar-refractivity contribution in [2.45, 2.75) is 24.5 Å². The van der Waals surface area contributed by atoms with Crippen LogP contribution >= 0.6 is 0 Å². The molecule has 0 atom stereocenters. The van der Waals surface area contributed by atoms with E-state index in [0.29, 0.717) is 23.6 Å². The molecule has 0 bridgehead atoms. The average molecular weight is 1060 g/mol. The van der Waals surface area contributed by atoms with E-state index in [1.54, 1.807) is 0 Å². The summed E-state index contributed by atoms with van der Waals surface area (Å²) in [6.45, 7) is 1.93. The maximum Gasteiger partial charge on any atom is 1.00 e. The van der Waals surface area contributed by atoms with Crippen molar-refractivity contribution in [1.82, 2.24) is 0 Å². The van der Waals surface area contributed by atoms with E-state index in [4.69, 9.17) is 16.2 Å². The van der Waals surface area contributed by atoms with E-state index in [2.05, 4.69) is 41.4 Å². The summed E-state index contributed by atoms with van der Waals surface area (Å²) in [7, 11) is -29.3. The number of nitrogens with zero attached hydrogens (tertiary/aromatic N) is 6. The monoisotopic (exact) mass is 1060 g/mol. The van der Waals surface area contributed by atoms with Gasteiger partial charge in [-0.15, -0.1) is 30.7 Å². The fraction of sp³-hybridized carbons (Fsp3) is 0.103. The van der Waals surface area contributed by atoms with Gasteiger partial charge in [-0.05, 0) is 60.7 Å². The largest absolute Gasteiger partial charge is 1.00 e. The Bertz CT molecular complexity index is 3250. The Labute approximate surface area is 460 Å². The molecule has 0 unspecified atom stereocenters. The van der Waals surface area contributed by atoms with Crippen LogP contribution in [0.15, 0.2) is 128 Å². The van der Waals surface area contributed by atoms with Gasteiger partial charge in [-0.3, -0.25) is 4.18 Å². The van der Waals surface area contributed by atoms with Crippen molar-refractivity contribution < 1.29 is 196 Å². The molecule has 0 fully saturated rings. The number of benzene rings is 4. The van der Waals surface area contributed by atoms with Crippen molar-refractivity contribution in [3.63, 3.8) is 0 Å². The van der Waals surface area contributed by atoms with Crippen molar-refractivity contribution in [2.75, 3.05) is 30.9 Å². The third-order valence-electron chi connectivity index (χ3n) is 7.45. The molecule has 328 valence electrons. The maximum absolute atomic E-state index is 12.7. The Hall–Kier alpha value is -1.68. The number of ether oxygens (including phenoxy) is 1. The van der Waals surface area contributed by atoms with Crippen LogP contribution in [0.25, 0.3) is 0 Å². The predicted octanol–water partition coefficient (Wildman–Crippen LogP) is -9.00. The van der Waals surface area contributed by atoms with Crippen LogP contribution in [0.1, 0.15) is 0 Å². The van der Waals surface area contributed by atoms with Gasteiger partial charge in [0.2, 0.25) is 10.4 Å². The molecule has 0 saturated heterocycles. The molecule has 0 aliphatic carbocycles. The van der Waals surface area contributed by atoms with Crippen LogP contribution in [0.3, 0.4) is 0 Å². The minimum atomic E-state index is -5.59. The Balaban J connectivity index is 0.0000102. The summed E-state index contributed by atoms with van der Waals surface area (Å²) in [5.41, 5.74) is 7.16. The van der Waals surface area contributed by atoms with Crippen molar-refractivity contribution in [3.8, 4) is 5.75 Å². The first-order chi connectivity index (χ1) is 28.0. The van der Waals surface area contributed by atoms with Gasteiger partial charge in [0.15, 0.2) is 19.7 Å². The normalized spacial score (nSPS) is 12.5. The van der Waals surface area contributed by atoms with Gasteiger partial charge in [0.1, 0.15) is 70.2 Å². The molecule has 0 aliphatic heterocycles. The summed E-state index contributed by atoms with van der Waals surface area (Å²) < 4.78 is 200. The van der Waals surface area contributed by atoms with Crippen LogP contribution in [-0.4, -0.2) is 88.2 Å². The summed E-state index contributed by atoms with van der Waals surface area (Å²) in [4.78, 5) is -4.96. The maximum atomic E-state index is 12.7. The second kappa shape index (κ2) is 24.7. The van der Waals surface area contributed by atoms with Crippen LogP contribution in [0, 0.1) is 0 Å². The third-order valence-corrected chi connectivity index (χ3v) is 13.5. The molecule has 0 heterocycles. The van der Waals surface area contributed by atoms with E-state index in [0.717, 1.165) is 36.4 Å². The van der Waals surface area contributed by atoms with E-state index in [1.165, 1.54) is 13.2 Å². The van der Waals surface area contributed by atoms with Gasteiger partial charge in [-0.25, -0.2) is 50.5 Å². The number of nitrogens with two attached hydrogens (primary N) is 2. The fourth-order valence-electron chi connectivity index (χ4n) is 4.55. The van der Waals surface area contributed by atoms with Crippen LogP contribution in [0.5, 0.6) is 5.75 Å². The van der Waals surface area contributed by atoms with Crippen LogP contribution in [-0.2, 0) is 64.6 Å². The standard InChI is InChI=1S/C29H28N8O18S6.4Na/c1-3-56(38,39)17-5-8-21(25(13-17)59(45,46)47)34-37-29-27(30)22(35-32-19-7-4-16(54-2)12-24(19)58(42,43)44)15-23(28(29)31)36-33-20-9-6-18(14-26(20)60(48,49)50)57(40,41)11-10-55-61(51,52)53;;;;/h3-9,12-15H,1,10-11,30-31H2,2H3,(H,42,43,44)(H,45,46,47)(H,48,49,50)(H,51,52,53);;;;/q;4*+1/p-4. The number of hydrogen-bond donors (Lipinski definition) is 2. The van der Waals surface area contributed by atoms with Crippen LogP contribution in [0.2, 0.25) is 0 Å². The Morgan fingerprint density at radius 2 is 0.938 bits per heavy atom. The first kappa shape index (κ1) is 63.3. The first-order valence-electron chi connectivity index (χ1n) is 15.5. The molecule has 0 aliphatic rings. The summed E-state index contributed by atoms with van der Waals surface area (Å²) in [5.74, 6) is -1.24. The molecule has 36 heteroatoms. The summed E-state index contributed by atoms with van der Waals surface area (Å²) in [5, 5.41) is 22.8. The first-order valence-corrected chi connectivity index (χ1v) is 24.3. The van der Waals surface area contributed by atoms with Crippen molar-refractivity contribution in [1.29, 1.82) is 0 Å². The second-order valence-corrected chi connectivity index (χ2v) is 20.5. The molecule has 4 N–H and O–H groups in total. The van der Waals surface area contributed by atoms with Crippen molar-refractivity contribution in [2.24, 2.45) is 30.7 Å². The zero-order valence-electron chi connectivity index (χ0n) is 34.1. The summed E-state index contributed by atoms with van der Waals surface area (Å²) >= 11 is 0. The minimum Gasteiger partial charge on any atom is -0.744 e. The van der Waals surface area contributed by atoms with E-state index < -0.39 is 143 Å². The van der Waals surface area contributed by atoms with E-state index in [-0.39, 0.29) is 124 Å². The molecule has 0 spiro atoms. The number of methoxy groups -OCH3 is 1. The molecule has 0 radical (unpaired) electrons. The SMILES string of the molecule is C=CS(=O)(=O)c1ccc(N=Nc2c(N)c(N=Nc3ccc(OC)cc3S(=O)(=O)[O-])cc(N=Nc3ccc(S(=O)(=O)CCOS(=O)(=O)[O-])cc3S(=O)(=O)[O-])c2N)c(S(=O)(=O)[O-])c1.[Na+].[Na+].[Na+].[Na+]. The number of anilines is 2. The van der Waals surface area contributed by atoms with Gasteiger partial charge < -0.3 is 34.4 Å². The van der Waals surface area contributed by atoms with Gasteiger partial charge in [0.05, 0.1) is 55.3 Å². The molecule has 0 amide bonds. The van der Waals surface area contributed by atoms with E-state index in [1.807, 2.05) is 0 Å². The molecule has 65 heavy (non-hydrogen) atoms. The molecular weight excluding hydrogens is 1030 g/mol. The number of azo groups is 3. The molecular formula is C29H24N8Na4O18S6. The Kier molecular flexibility index (Phi) is 24.1. The zero-order chi connectivity index (χ0) is 45.9. The molecule has 0 saturated carbocycles. The van der Waals surface area contributed by atoms with Crippen LogP contribution < -0.4 is 134 Å². The quantitative estimate of drug-likeness (QED) is 0.0326. The van der Waals surface area contributed by atoms with E-state index >= 15 is 0 Å². The molecule has 0 aromatic heterocycles. The molecule has 4 aromatic carbocycles. The summed E-state index contributed by atoms with van der Waals surface area (Å²) in [6.07, 6.45) is 0. The van der Waals surface area contributed by atoms with Crippen molar-refractivity contribution >= 4 is 106 Å². The Morgan fingerprint density at radius 1 is 0.554 bits per heavy atom. The van der Waals surface area contributed by atoms with E-state index in [9.17, 15) is 68.7 Å². The second-order valence-electron chi connectivity index (χ2n) is 11.4. The fourth-order valence-corrected chi connectivity index (χ4v) is 8.84. The number of hydrogen-bond acceptors (Lipinski definition) is 26. The number of nitrogen functional groups attached to an aromatic ring is 2. The zero-order valence-corrected chi connectivity index (χ0v) is 47.0. The Morgan fingerprint density at radius 3 is 1.35 bits per heavy atom. The molecule has 26 nitrogen and oxygen atoms in total. The number of rotatable bonds is 17. The van der Waals surface area contributed by atoms with Gasteiger partial charge in [-0.1, -0.05) is 6.58 Å².